The van der Waals surface area contributed by atoms with Gasteiger partial charge in [0, 0.05) is 20.2 Å². The highest BCUT2D eigenvalue weighted by atomic mass is 16.5. The molecule has 1 fully saturated rings. The van der Waals surface area contributed by atoms with E-state index in [-0.39, 0.29) is 0 Å². The van der Waals surface area contributed by atoms with E-state index in [2.05, 4.69) is 12.2 Å². The van der Waals surface area contributed by atoms with Crippen molar-refractivity contribution >= 4 is 0 Å². The van der Waals surface area contributed by atoms with Gasteiger partial charge in [-0.15, -0.1) is 0 Å². The first-order chi connectivity index (χ1) is 7.83. The van der Waals surface area contributed by atoms with Crippen LogP contribution in [0.1, 0.15) is 58.3 Å². The number of ether oxygens (including phenoxy) is 1. The van der Waals surface area contributed by atoms with Crippen LogP contribution in [0.2, 0.25) is 0 Å². The zero-order valence-electron chi connectivity index (χ0n) is 11.2. The van der Waals surface area contributed by atoms with Crippen molar-refractivity contribution in [3.8, 4) is 0 Å². The van der Waals surface area contributed by atoms with Crippen molar-refractivity contribution in [2.45, 2.75) is 58.3 Å². The Kier molecular flexibility index (Phi) is 7.06. The second-order valence-electron chi connectivity index (χ2n) is 5.33. The molecule has 0 aromatic carbocycles. The van der Waals surface area contributed by atoms with Crippen LogP contribution in [-0.2, 0) is 4.74 Å². The summed E-state index contributed by atoms with van der Waals surface area (Å²) < 4.78 is 5.08. The zero-order valence-corrected chi connectivity index (χ0v) is 11.2. The summed E-state index contributed by atoms with van der Waals surface area (Å²) in [6.07, 6.45) is 11.4. The van der Waals surface area contributed by atoms with Gasteiger partial charge in [-0.25, -0.2) is 0 Å². The largest absolute Gasteiger partial charge is 0.383 e. The van der Waals surface area contributed by atoms with Crippen LogP contribution in [-0.4, -0.2) is 26.8 Å². The van der Waals surface area contributed by atoms with E-state index in [1.54, 1.807) is 7.11 Å². The van der Waals surface area contributed by atoms with Crippen molar-refractivity contribution in [3.63, 3.8) is 0 Å². The lowest BCUT2D eigenvalue weighted by atomic mass is 9.71. The number of hydrogen-bond acceptors (Lipinski definition) is 2. The lowest BCUT2D eigenvalue weighted by molar-refractivity contribution is 0.150. The molecule has 0 unspecified atom stereocenters. The van der Waals surface area contributed by atoms with E-state index in [1.807, 2.05) is 0 Å². The molecule has 0 radical (unpaired) electrons. The molecule has 0 heterocycles. The van der Waals surface area contributed by atoms with Gasteiger partial charge in [0.2, 0.25) is 0 Å². The van der Waals surface area contributed by atoms with Crippen LogP contribution >= 0.6 is 0 Å². The predicted molar refractivity (Wildman–Crippen MR) is 69.8 cm³/mol. The maximum atomic E-state index is 5.08. The van der Waals surface area contributed by atoms with Crippen LogP contribution in [0, 0.1) is 5.41 Å². The molecule has 0 bridgehead atoms. The Morgan fingerprint density at radius 2 is 1.94 bits per heavy atom. The Balaban J connectivity index is 2.30. The highest BCUT2D eigenvalue weighted by Crippen LogP contribution is 2.39. The van der Waals surface area contributed by atoms with E-state index in [1.165, 1.54) is 57.9 Å². The summed E-state index contributed by atoms with van der Waals surface area (Å²) in [4.78, 5) is 0. The molecule has 0 amide bonds. The minimum absolute atomic E-state index is 0.613. The van der Waals surface area contributed by atoms with E-state index >= 15 is 0 Å². The molecule has 1 aliphatic rings. The van der Waals surface area contributed by atoms with Crippen LogP contribution < -0.4 is 5.32 Å². The van der Waals surface area contributed by atoms with E-state index in [9.17, 15) is 0 Å². The standard InChI is InChI=1S/C14H29NO/c1-3-4-8-14(9-6-5-7-10-14)13-15-11-12-16-2/h15H,3-13H2,1-2H3. The summed E-state index contributed by atoms with van der Waals surface area (Å²) >= 11 is 0. The molecule has 1 rings (SSSR count). The first-order valence-corrected chi connectivity index (χ1v) is 7.03. The molecule has 0 aliphatic heterocycles. The van der Waals surface area contributed by atoms with Gasteiger partial charge in [0.05, 0.1) is 6.61 Å². The quantitative estimate of drug-likeness (QED) is 0.642. The van der Waals surface area contributed by atoms with Gasteiger partial charge in [-0.2, -0.15) is 0 Å². The molecule has 2 heteroatoms. The molecule has 96 valence electrons. The van der Waals surface area contributed by atoms with Gasteiger partial charge in [-0.1, -0.05) is 39.0 Å². The molecule has 16 heavy (non-hydrogen) atoms. The normalized spacial score (nSPS) is 19.9. The Labute approximate surface area is 101 Å². The number of hydrogen-bond donors (Lipinski definition) is 1. The summed E-state index contributed by atoms with van der Waals surface area (Å²) in [6.45, 7) is 5.35. The van der Waals surface area contributed by atoms with Crippen molar-refractivity contribution in [2.24, 2.45) is 5.41 Å². The molecule has 0 saturated heterocycles. The molecule has 1 N–H and O–H groups in total. The third-order valence-corrected chi connectivity index (χ3v) is 3.96. The van der Waals surface area contributed by atoms with Crippen molar-refractivity contribution in [1.29, 1.82) is 0 Å². The maximum Gasteiger partial charge on any atom is 0.0587 e. The third-order valence-electron chi connectivity index (χ3n) is 3.96. The molecule has 0 atom stereocenters. The Morgan fingerprint density at radius 3 is 2.56 bits per heavy atom. The number of nitrogens with one attached hydrogen (secondary N) is 1. The Bertz CT molecular complexity index is 164. The minimum Gasteiger partial charge on any atom is -0.383 e. The SMILES string of the molecule is CCCCC1(CNCCOC)CCCCC1. The van der Waals surface area contributed by atoms with Gasteiger partial charge in [-0.05, 0) is 24.7 Å². The summed E-state index contributed by atoms with van der Waals surface area (Å²) in [6, 6.07) is 0. The van der Waals surface area contributed by atoms with Gasteiger partial charge in [0.25, 0.3) is 0 Å². The fourth-order valence-electron chi connectivity index (χ4n) is 2.90. The highest BCUT2D eigenvalue weighted by Gasteiger charge is 2.30. The van der Waals surface area contributed by atoms with Gasteiger partial charge < -0.3 is 10.1 Å². The Morgan fingerprint density at radius 1 is 1.19 bits per heavy atom. The van der Waals surface area contributed by atoms with Crippen LogP contribution in [0.15, 0.2) is 0 Å². The predicted octanol–water partition coefficient (Wildman–Crippen LogP) is 3.36. The zero-order chi connectivity index (χ0) is 11.7. The molecular weight excluding hydrogens is 198 g/mol. The van der Waals surface area contributed by atoms with E-state index in [0.29, 0.717) is 5.41 Å². The van der Waals surface area contributed by atoms with E-state index in [4.69, 9.17) is 4.74 Å². The van der Waals surface area contributed by atoms with Crippen molar-refractivity contribution in [2.75, 3.05) is 26.8 Å². The highest BCUT2D eigenvalue weighted by molar-refractivity contribution is 4.84. The van der Waals surface area contributed by atoms with Crippen molar-refractivity contribution in [3.05, 3.63) is 0 Å². The fourth-order valence-corrected chi connectivity index (χ4v) is 2.90. The second kappa shape index (κ2) is 8.08. The van der Waals surface area contributed by atoms with Crippen LogP contribution in [0.4, 0.5) is 0 Å². The topological polar surface area (TPSA) is 21.3 Å². The monoisotopic (exact) mass is 227 g/mol. The van der Waals surface area contributed by atoms with Gasteiger partial charge in [-0.3, -0.25) is 0 Å². The van der Waals surface area contributed by atoms with Gasteiger partial charge in [0.1, 0.15) is 0 Å². The lowest BCUT2D eigenvalue weighted by Gasteiger charge is -2.38. The minimum atomic E-state index is 0.613. The fraction of sp³-hybridized carbons (Fsp3) is 1.00. The number of unbranched alkanes of at least 4 members (excludes halogenated alkanes) is 1. The molecular formula is C14H29NO. The third kappa shape index (κ3) is 4.84. The van der Waals surface area contributed by atoms with Crippen LogP contribution in [0.3, 0.4) is 0 Å². The van der Waals surface area contributed by atoms with E-state index < -0.39 is 0 Å². The molecule has 2 nitrogen and oxygen atoms in total. The molecule has 0 aromatic heterocycles. The average molecular weight is 227 g/mol. The summed E-state index contributed by atoms with van der Waals surface area (Å²) in [5.74, 6) is 0. The van der Waals surface area contributed by atoms with Crippen molar-refractivity contribution < 1.29 is 4.74 Å². The van der Waals surface area contributed by atoms with Crippen LogP contribution in [0.25, 0.3) is 0 Å². The second-order valence-corrected chi connectivity index (χ2v) is 5.33. The summed E-state index contributed by atoms with van der Waals surface area (Å²) in [5.41, 5.74) is 0.613. The van der Waals surface area contributed by atoms with Crippen molar-refractivity contribution in [1.82, 2.24) is 5.32 Å². The first-order valence-electron chi connectivity index (χ1n) is 7.03. The Hall–Kier alpha value is -0.0800. The molecule has 1 aliphatic carbocycles. The number of rotatable bonds is 8. The average Bonchev–Trinajstić information content (AvgIpc) is 2.34. The molecule has 1 saturated carbocycles. The van der Waals surface area contributed by atoms with Gasteiger partial charge >= 0.3 is 0 Å². The summed E-state index contributed by atoms with van der Waals surface area (Å²) in [7, 11) is 1.77. The number of methoxy groups -OCH3 is 1. The van der Waals surface area contributed by atoms with Gasteiger partial charge in [0.15, 0.2) is 0 Å². The van der Waals surface area contributed by atoms with E-state index in [0.717, 1.165) is 13.2 Å². The van der Waals surface area contributed by atoms with Crippen LogP contribution in [0.5, 0.6) is 0 Å². The summed E-state index contributed by atoms with van der Waals surface area (Å²) in [5, 5.41) is 3.58. The maximum absolute atomic E-state index is 5.08. The molecule has 0 spiro atoms. The smallest absolute Gasteiger partial charge is 0.0587 e. The molecule has 0 aromatic rings. The first kappa shape index (κ1) is 14.0. The lowest BCUT2D eigenvalue weighted by Crippen LogP contribution is -2.37.